The van der Waals surface area contributed by atoms with Crippen LogP contribution in [0.25, 0.3) is 0 Å². The molecule has 6 heteroatoms. The van der Waals surface area contributed by atoms with E-state index in [0.29, 0.717) is 41.1 Å². The van der Waals surface area contributed by atoms with E-state index < -0.39 is 0 Å². The van der Waals surface area contributed by atoms with Gasteiger partial charge < -0.3 is 19.3 Å². The van der Waals surface area contributed by atoms with Crippen molar-refractivity contribution in [3.05, 3.63) is 28.8 Å². The van der Waals surface area contributed by atoms with Gasteiger partial charge in [0, 0.05) is 24.6 Å². The van der Waals surface area contributed by atoms with Gasteiger partial charge in [0.05, 0.1) is 13.2 Å². The fourth-order valence-corrected chi connectivity index (χ4v) is 10.3. The monoisotopic (exact) mass is 535 g/mol. The standard InChI is InChI=1S/C33H45NO5/c1-32-12-9-21(35)16-20(32)5-6-22-23-7-8-25(33(23,2)13-10-24(22)32)27(36)17-26-29-19(11-14-34(26)3)15-28-30(31(29)37-4)39-18-38-28/h8,15,20-24,26,35H,5-7,9-14,16-18H2,1-4H3/t20-,21?,22?,23?,24?,26?,32-,33-/m0/s1. The SMILES string of the molecule is COc1c2c(cc3c1C(CC(=O)C1=CCC4C5CC[C@H]6CC(O)CC[C@]6(C)C5CC[C@]14C)N(C)CC3)OCO2. The Balaban J connectivity index is 1.14. The zero-order valence-electron chi connectivity index (χ0n) is 24.1. The maximum absolute atomic E-state index is 14.2. The van der Waals surface area contributed by atoms with Crippen LogP contribution in [0.4, 0.5) is 0 Å². The molecule has 7 rings (SSSR count). The number of Topliss-reactive ketones (excluding diaryl/α,β-unsaturated/α-hetero) is 1. The average molecular weight is 536 g/mol. The van der Waals surface area contributed by atoms with Crippen molar-refractivity contribution in [3.63, 3.8) is 0 Å². The van der Waals surface area contributed by atoms with Gasteiger partial charge >= 0.3 is 0 Å². The Kier molecular flexibility index (Phi) is 6.13. The van der Waals surface area contributed by atoms with E-state index in [1.165, 1.54) is 24.8 Å². The number of aliphatic hydroxyl groups excluding tert-OH is 1. The lowest BCUT2D eigenvalue weighted by Gasteiger charge is -2.60. The van der Waals surface area contributed by atoms with Crippen LogP contribution in [0.5, 0.6) is 17.2 Å². The number of carbonyl (C=O) groups is 1. The minimum atomic E-state index is -0.104. The number of aliphatic hydroxyl groups is 1. The molecule has 0 spiro atoms. The molecule has 0 amide bonds. The summed E-state index contributed by atoms with van der Waals surface area (Å²) in [4.78, 5) is 16.5. The van der Waals surface area contributed by atoms with Crippen LogP contribution in [-0.2, 0) is 11.2 Å². The second-order valence-electron chi connectivity index (χ2n) is 14.0. The molecule has 4 aliphatic carbocycles. The molecule has 3 fully saturated rings. The summed E-state index contributed by atoms with van der Waals surface area (Å²) < 4.78 is 17.4. The third kappa shape index (κ3) is 3.76. The van der Waals surface area contributed by atoms with Gasteiger partial charge in [0.1, 0.15) is 0 Å². The highest BCUT2D eigenvalue weighted by molar-refractivity contribution is 5.97. The predicted molar refractivity (Wildman–Crippen MR) is 149 cm³/mol. The first-order valence-electron chi connectivity index (χ1n) is 15.4. The molecular weight excluding hydrogens is 490 g/mol. The number of methoxy groups -OCH3 is 1. The number of fused-ring (bicyclic) bond motifs is 7. The lowest BCUT2D eigenvalue weighted by molar-refractivity contribution is -0.126. The molecular formula is C33H45NO5. The van der Waals surface area contributed by atoms with E-state index in [4.69, 9.17) is 14.2 Å². The number of hydrogen-bond donors (Lipinski definition) is 1. The van der Waals surface area contributed by atoms with Gasteiger partial charge in [-0.25, -0.2) is 0 Å². The van der Waals surface area contributed by atoms with Crippen LogP contribution in [-0.4, -0.2) is 49.4 Å². The maximum Gasteiger partial charge on any atom is 0.231 e. The summed E-state index contributed by atoms with van der Waals surface area (Å²) in [7, 11) is 3.82. The Labute approximate surface area is 233 Å². The number of likely N-dealkylation sites (N-methyl/N-ethyl adjacent to an activating group) is 1. The van der Waals surface area contributed by atoms with E-state index in [0.717, 1.165) is 73.6 Å². The van der Waals surface area contributed by atoms with Crippen molar-refractivity contribution in [2.75, 3.05) is 27.5 Å². The van der Waals surface area contributed by atoms with Gasteiger partial charge in [0.2, 0.25) is 12.5 Å². The Morgan fingerprint density at radius 3 is 2.82 bits per heavy atom. The molecule has 1 N–H and O–H groups in total. The molecule has 6 nitrogen and oxygen atoms in total. The summed E-state index contributed by atoms with van der Waals surface area (Å²) in [6, 6.07) is 2.06. The van der Waals surface area contributed by atoms with Crippen molar-refractivity contribution in [3.8, 4) is 17.2 Å². The van der Waals surface area contributed by atoms with Gasteiger partial charge in [0.25, 0.3) is 0 Å². The lowest BCUT2D eigenvalue weighted by Crippen LogP contribution is -2.53. The van der Waals surface area contributed by atoms with Crippen LogP contribution in [0.15, 0.2) is 17.7 Å². The molecule has 212 valence electrons. The molecule has 39 heavy (non-hydrogen) atoms. The summed E-state index contributed by atoms with van der Waals surface area (Å²) in [6.45, 7) is 6.06. The smallest absolute Gasteiger partial charge is 0.231 e. The molecule has 1 aromatic rings. The van der Waals surface area contributed by atoms with E-state index >= 15 is 0 Å². The minimum Gasteiger partial charge on any atom is -0.492 e. The summed E-state index contributed by atoms with van der Waals surface area (Å²) >= 11 is 0. The fourth-order valence-electron chi connectivity index (χ4n) is 10.3. The molecule has 0 radical (unpaired) electrons. The molecule has 0 saturated heterocycles. The quantitative estimate of drug-likeness (QED) is 0.522. The number of ether oxygens (including phenoxy) is 3. The van der Waals surface area contributed by atoms with Crippen molar-refractivity contribution in [2.45, 2.75) is 90.2 Å². The predicted octanol–water partition coefficient (Wildman–Crippen LogP) is 5.85. The number of ketones is 1. The van der Waals surface area contributed by atoms with Crippen LogP contribution >= 0.6 is 0 Å². The first-order valence-corrected chi connectivity index (χ1v) is 15.4. The van der Waals surface area contributed by atoms with Crippen LogP contribution in [0, 0.1) is 34.5 Å². The zero-order valence-corrected chi connectivity index (χ0v) is 24.1. The number of carbonyl (C=O) groups excluding carboxylic acids is 1. The normalized spacial score (nSPS) is 40.7. The highest BCUT2D eigenvalue weighted by atomic mass is 16.7. The molecule has 1 aromatic carbocycles. The highest BCUT2D eigenvalue weighted by Gasteiger charge is 2.59. The number of rotatable bonds is 4. The highest BCUT2D eigenvalue weighted by Crippen LogP contribution is 2.66. The second kappa shape index (κ2) is 9.24. The van der Waals surface area contributed by atoms with Gasteiger partial charge in [-0.3, -0.25) is 9.69 Å². The molecule has 3 saturated carbocycles. The fraction of sp³-hybridized carbons (Fsp3) is 0.727. The van der Waals surface area contributed by atoms with Gasteiger partial charge in [-0.05, 0) is 117 Å². The minimum absolute atomic E-state index is 0.0231. The van der Waals surface area contributed by atoms with Gasteiger partial charge in [0.15, 0.2) is 17.3 Å². The number of benzene rings is 1. The first kappa shape index (κ1) is 25.9. The van der Waals surface area contributed by atoms with E-state index in [1.54, 1.807) is 7.11 Å². The molecule has 0 aromatic heterocycles. The van der Waals surface area contributed by atoms with Gasteiger partial charge in [-0.1, -0.05) is 19.9 Å². The summed E-state index contributed by atoms with van der Waals surface area (Å²) in [5, 5.41) is 10.4. The topological polar surface area (TPSA) is 68.2 Å². The number of allylic oxidation sites excluding steroid dienone is 2. The van der Waals surface area contributed by atoms with Crippen molar-refractivity contribution in [1.29, 1.82) is 0 Å². The van der Waals surface area contributed by atoms with Crippen molar-refractivity contribution in [2.24, 2.45) is 34.5 Å². The molecule has 0 bridgehead atoms. The van der Waals surface area contributed by atoms with Crippen molar-refractivity contribution in [1.82, 2.24) is 4.90 Å². The third-order valence-corrected chi connectivity index (χ3v) is 12.4. The lowest BCUT2D eigenvalue weighted by atomic mass is 9.44. The zero-order chi connectivity index (χ0) is 27.1. The molecule has 6 aliphatic rings. The van der Waals surface area contributed by atoms with Crippen molar-refractivity contribution < 1.29 is 24.1 Å². The number of nitrogens with zero attached hydrogens (tertiary/aromatic N) is 1. The van der Waals surface area contributed by atoms with Crippen LogP contribution in [0.3, 0.4) is 0 Å². The maximum atomic E-state index is 14.2. The third-order valence-electron chi connectivity index (χ3n) is 12.4. The molecule has 5 unspecified atom stereocenters. The largest absolute Gasteiger partial charge is 0.492 e. The van der Waals surface area contributed by atoms with Gasteiger partial charge in [-0.15, -0.1) is 0 Å². The van der Waals surface area contributed by atoms with Crippen molar-refractivity contribution >= 4 is 5.78 Å². The average Bonchev–Trinajstić information content (AvgIpc) is 3.53. The van der Waals surface area contributed by atoms with E-state index in [-0.39, 0.29) is 24.4 Å². The summed E-state index contributed by atoms with van der Waals surface area (Å²) in [5.41, 5.74) is 3.73. The molecule has 2 heterocycles. The second-order valence-corrected chi connectivity index (χ2v) is 14.0. The van der Waals surface area contributed by atoms with Crippen LogP contribution in [0.2, 0.25) is 0 Å². The Morgan fingerprint density at radius 2 is 2.00 bits per heavy atom. The molecule has 2 aliphatic heterocycles. The Bertz CT molecular complexity index is 1210. The summed E-state index contributed by atoms with van der Waals surface area (Å²) in [6.07, 6.45) is 12.6. The summed E-state index contributed by atoms with van der Waals surface area (Å²) in [5.74, 6) is 5.12. The van der Waals surface area contributed by atoms with Crippen LogP contribution in [0.1, 0.15) is 88.8 Å². The van der Waals surface area contributed by atoms with E-state index in [1.807, 2.05) is 0 Å². The number of hydrogen-bond acceptors (Lipinski definition) is 6. The van der Waals surface area contributed by atoms with Gasteiger partial charge in [-0.2, -0.15) is 0 Å². The Hall–Kier alpha value is -2.05. The Morgan fingerprint density at radius 1 is 1.15 bits per heavy atom. The first-order chi connectivity index (χ1) is 18.7. The molecule has 8 atom stereocenters. The van der Waals surface area contributed by atoms with E-state index in [9.17, 15) is 9.90 Å². The van der Waals surface area contributed by atoms with Crippen LogP contribution < -0.4 is 14.2 Å². The van der Waals surface area contributed by atoms with E-state index in [2.05, 4.69) is 37.9 Å².